The fourth-order valence-corrected chi connectivity index (χ4v) is 2.06. The van der Waals surface area contributed by atoms with Crippen molar-refractivity contribution in [2.75, 3.05) is 6.54 Å². The second kappa shape index (κ2) is 6.36. The van der Waals surface area contributed by atoms with Crippen LogP contribution in [0.2, 0.25) is 5.02 Å². The van der Waals surface area contributed by atoms with Gasteiger partial charge in [-0.15, -0.1) is 0 Å². The van der Waals surface area contributed by atoms with Crippen LogP contribution in [0.3, 0.4) is 0 Å². The van der Waals surface area contributed by atoms with Gasteiger partial charge >= 0.3 is 0 Å². The molecule has 0 saturated heterocycles. The monoisotopic (exact) mass is 257 g/mol. The highest BCUT2D eigenvalue weighted by Gasteiger charge is 2.20. The predicted molar refractivity (Wildman–Crippen MR) is 72.1 cm³/mol. The van der Waals surface area contributed by atoms with Crippen molar-refractivity contribution >= 4 is 11.6 Å². The number of benzene rings is 1. The summed E-state index contributed by atoms with van der Waals surface area (Å²) in [5, 5.41) is 3.57. The van der Waals surface area contributed by atoms with E-state index >= 15 is 0 Å². The quantitative estimate of drug-likeness (QED) is 0.833. The summed E-state index contributed by atoms with van der Waals surface area (Å²) >= 11 is 5.83. The third kappa shape index (κ3) is 3.97. The standard InChI is InChI=1S/C14H21ClFN/c1-9(2)12(8-17-10(3)4)11-6-5-7-13(15)14(11)16/h5-7,9-10,12,17H,8H2,1-4H3. The SMILES string of the molecule is CC(C)NCC(c1cccc(Cl)c1F)C(C)C. The zero-order valence-electron chi connectivity index (χ0n) is 10.9. The predicted octanol–water partition coefficient (Wildman–Crippen LogP) is 4.22. The van der Waals surface area contributed by atoms with Gasteiger partial charge in [0.2, 0.25) is 0 Å². The Hall–Kier alpha value is -0.600. The number of hydrogen-bond donors (Lipinski definition) is 1. The Morgan fingerprint density at radius 2 is 1.88 bits per heavy atom. The maximum Gasteiger partial charge on any atom is 0.145 e. The van der Waals surface area contributed by atoms with Crippen molar-refractivity contribution in [2.45, 2.75) is 39.7 Å². The molecule has 0 aliphatic carbocycles. The van der Waals surface area contributed by atoms with Crippen LogP contribution in [0, 0.1) is 11.7 Å². The van der Waals surface area contributed by atoms with Crippen LogP contribution < -0.4 is 5.32 Å². The van der Waals surface area contributed by atoms with E-state index in [0.717, 1.165) is 6.54 Å². The van der Waals surface area contributed by atoms with Crippen LogP contribution in [0.4, 0.5) is 4.39 Å². The van der Waals surface area contributed by atoms with Gasteiger partial charge in [0.1, 0.15) is 5.82 Å². The van der Waals surface area contributed by atoms with Gasteiger partial charge in [-0.05, 0) is 17.5 Å². The van der Waals surface area contributed by atoms with Gasteiger partial charge in [0.25, 0.3) is 0 Å². The molecule has 1 N–H and O–H groups in total. The molecular weight excluding hydrogens is 237 g/mol. The lowest BCUT2D eigenvalue weighted by atomic mass is 9.88. The number of halogens is 2. The number of hydrogen-bond acceptors (Lipinski definition) is 1. The minimum atomic E-state index is -0.279. The average Bonchev–Trinajstić information content (AvgIpc) is 2.23. The highest BCUT2D eigenvalue weighted by atomic mass is 35.5. The average molecular weight is 258 g/mol. The largest absolute Gasteiger partial charge is 0.314 e. The van der Waals surface area contributed by atoms with Crippen molar-refractivity contribution in [1.82, 2.24) is 5.32 Å². The molecule has 0 radical (unpaired) electrons. The Morgan fingerprint density at radius 3 is 2.41 bits per heavy atom. The van der Waals surface area contributed by atoms with Crippen LogP contribution in [0.25, 0.3) is 0 Å². The second-order valence-electron chi connectivity index (χ2n) is 5.06. The summed E-state index contributed by atoms with van der Waals surface area (Å²) in [5.41, 5.74) is 0.709. The summed E-state index contributed by atoms with van der Waals surface area (Å²) in [7, 11) is 0. The summed E-state index contributed by atoms with van der Waals surface area (Å²) in [4.78, 5) is 0. The van der Waals surface area contributed by atoms with E-state index in [1.54, 1.807) is 6.07 Å². The Morgan fingerprint density at radius 1 is 1.24 bits per heavy atom. The number of nitrogens with one attached hydrogen (secondary N) is 1. The van der Waals surface area contributed by atoms with Gasteiger partial charge in [0, 0.05) is 18.5 Å². The Kier molecular flexibility index (Phi) is 5.41. The molecule has 0 amide bonds. The van der Waals surface area contributed by atoms with Crippen LogP contribution in [0.1, 0.15) is 39.2 Å². The van der Waals surface area contributed by atoms with Crippen LogP contribution >= 0.6 is 11.6 Å². The summed E-state index contributed by atoms with van der Waals surface area (Å²) in [6.07, 6.45) is 0. The molecule has 0 aliphatic heterocycles. The van der Waals surface area contributed by atoms with Gasteiger partial charge in [0.05, 0.1) is 5.02 Å². The second-order valence-corrected chi connectivity index (χ2v) is 5.46. The molecule has 0 aromatic heterocycles. The molecule has 1 aromatic rings. The van der Waals surface area contributed by atoms with Crippen LogP contribution in [-0.4, -0.2) is 12.6 Å². The van der Waals surface area contributed by atoms with E-state index in [9.17, 15) is 4.39 Å². The molecular formula is C14H21ClFN. The summed E-state index contributed by atoms with van der Waals surface area (Å²) in [5.74, 6) is 0.240. The Bertz CT molecular complexity index is 363. The molecule has 1 nitrogen and oxygen atoms in total. The highest BCUT2D eigenvalue weighted by Crippen LogP contribution is 2.29. The zero-order valence-corrected chi connectivity index (χ0v) is 11.7. The molecule has 3 heteroatoms. The molecule has 0 spiro atoms. The molecule has 1 unspecified atom stereocenters. The first-order chi connectivity index (χ1) is 7.93. The maximum atomic E-state index is 14.0. The van der Waals surface area contributed by atoms with Crippen molar-refractivity contribution < 1.29 is 4.39 Å². The third-order valence-electron chi connectivity index (χ3n) is 2.93. The van der Waals surface area contributed by atoms with Gasteiger partial charge in [0.15, 0.2) is 0 Å². The Balaban J connectivity index is 2.93. The van der Waals surface area contributed by atoms with Crippen LogP contribution in [0.5, 0.6) is 0 Å². The highest BCUT2D eigenvalue weighted by molar-refractivity contribution is 6.30. The van der Waals surface area contributed by atoms with Gasteiger partial charge in [-0.2, -0.15) is 0 Å². The fraction of sp³-hybridized carbons (Fsp3) is 0.571. The van der Waals surface area contributed by atoms with Crippen molar-refractivity contribution in [2.24, 2.45) is 5.92 Å². The third-order valence-corrected chi connectivity index (χ3v) is 3.22. The van der Waals surface area contributed by atoms with Crippen molar-refractivity contribution in [1.29, 1.82) is 0 Å². The lowest BCUT2D eigenvalue weighted by molar-refractivity contribution is 0.426. The molecule has 1 rings (SSSR count). The van der Waals surface area contributed by atoms with Crippen LogP contribution in [-0.2, 0) is 0 Å². The minimum Gasteiger partial charge on any atom is -0.314 e. The van der Waals surface area contributed by atoms with Crippen LogP contribution in [0.15, 0.2) is 18.2 Å². The van der Waals surface area contributed by atoms with E-state index in [1.165, 1.54) is 0 Å². The summed E-state index contributed by atoms with van der Waals surface area (Å²) in [6, 6.07) is 5.63. The molecule has 1 atom stereocenters. The van der Waals surface area contributed by atoms with Crippen molar-refractivity contribution in [3.63, 3.8) is 0 Å². The van der Waals surface area contributed by atoms with E-state index in [-0.39, 0.29) is 16.8 Å². The molecule has 17 heavy (non-hydrogen) atoms. The smallest absolute Gasteiger partial charge is 0.145 e. The van der Waals surface area contributed by atoms with Crippen molar-refractivity contribution in [3.05, 3.63) is 34.6 Å². The fourth-order valence-electron chi connectivity index (χ4n) is 1.87. The maximum absolute atomic E-state index is 14.0. The first-order valence-corrected chi connectivity index (χ1v) is 6.48. The minimum absolute atomic E-state index is 0.149. The molecule has 96 valence electrons. The van der Waals surface area contributed by atoms with Crippen molar-refractivity contribution in [3.8, 4) is 0 Å². The molecule has 0 heterocycles. The molecule has 0 aliphatic rings. The van der Waals surface area contributed by atoms with E-state index in [2.05, 4.69) is 33.0 Å². The van der Waals surface area contributed by atoms with E-state index in [0.29, 0.717) is 17.5 Å². The van der Waals surface area contributed by atoms with Gasteiger partial charge < -0.3 is 5.32 Å². The molecule has 1 aromatic carbocycles. The molecule has 0 saturated carbocycles. The summed E-state index contributed by atoms with van der Waals surface area (Å²) in [6.45, 7) is 9.16. The van der Waals surface area contributed by atoms with E-state index in [1.807, 2.05) is 12.1 Å². The van der Waals surface area contributed by atoms with Gasteiger partial charge in [-0.3, -0.25) is 0 Å². The molecule has 0 fully saturated rings. The normalized spacial score (nSPS) is 13.4. The lowest BCUT2D eigenvalue weighted by Crippen LogP contribution is -2.30. The van der Waals surface area contributed by atoms with E-state index < -0.39 is 0 Å². The first kappa shape index (κ1) is 14.5. The number of rotatable bonds is 5. The molecule has 0 bridgehead atoms. The summed E-state index contributed by atoms with van der Waals surface area (Å²) < 4.78 is 14.0. The lowest BCUT2D eigenvalue weighted by Gasteiger charge is -2.24. The topological polar surface area (TPSA) is 12.0 Å². The Labute approximate surface area is 108 Å². The van der Waals surface area contributed by atoms with Gasteiger partial charge in [-0.25, -0.2) is 4.39 Å². The zero-order chi connectivity index (χ0) is 13.0. The van der Waals surface area contributed by atoms with E-state index in [4.69, 9.17) is 11.6 Å². The van der Waals surface area contributed by atoms with Gasteiger partial charge in [-0.1, -0.05) is 51.4 Å². The first-order valence-electron chi connectivity index (χ1n) is 6.10.